The van der Waals surface area contributed by atoms with Crippen LogP contribution in [0.15, 0.2) is 24.3 Å². The molecule has 164 valence electrons. The van der Waals surface area contributed by atoms with Gasteiger partial charge in [-0.15, -0.1) is 0 Å². The SMILES string of the molecule is CC(C)C[C@H](NC(=O)N1c2ccccc2NC(=O)[C@H]1C(C)C)C(=O)N[C@@H](C)C(=O)[O-]. The second kappa shape index (κ2) is 9.60. The van der Waals surface area contributed by atoms with Crippen molar-refractivity contribution in [2.75, 3.05) is 10.2 Å². The molecule has 1 aromatic carbocycles. The van der Waals surface area contributed by atoms with Crippen LogP contribution in [0.2, 0.25) is 0 Å². The zero-order valence-corrected chi connectivity index (χ0v) is 17.9. The first-order valence-corrected chi connectivity index (χ1v) is 10.0. The first-order valence-electron chi connectivity index (χ1n) is 10.0. The number of aliphatic carboxylic acids is 1. The zero-order valence-electron chi connectivity index (χ0n) is 17.9. The molecular weight excluding hydrogens is 388 g/mol. The van der Waals surface area contributed by atoms with Crippen LogP contribution in [-0.2, 0) is 14.4 Å². The minimum atomic E-state index is -1.42. The summed E-state index contributed by atoms with van der Waals surface area (Å²) in [4.78, 5) is 50.9. The molecule has 0 radical (unpaired) electrons. The van der Waals surface area contributed by atoms with Crippen molar-refractivity contribution in [2.24, 2.45) is 11.8 Å². The van der Waals surface area contributed by atoms with Crippen LogP contribution >= 0.6 is 0 Å². The molecule has 1 aliphatic rings. The highest BCUT2D eigenvalue weighted by Gasteiger charge is 2.39. The van der Waals surface area contributed by atoms with Crippen LogP contribution in [0.5, 0.6) is 0 Å². The van der Waals surface area contributed by atoms with Gasteiger partial charge in [-0.3, -0.25) is 14.5 Å². The second-order valence-electron chi connectivity index (χ2n) is 8.25. The third kappa shape index (κ3) is 5.28. The predicted molar refractivity (Wildman–Crippen MR) is 111 cm³/mol. The van der Waals surface area contributed by atoms with E-state index in [1.807, 2.05) is 27.7 Å². The average molecular weight is 417 g/mol. The maximum atomic E-state index is 13.3. The lowest BCUT2D eigenvalue weighted by Gasteiger charge is -2.39. The molecule has 0 unspecified atom stereocenters. The van der Waals surface area contributed by atoms with E-state index >= 15 is 0 Å². The lowest BCUT2D eigenvalue weighted by Crippen LogP contribution is -2.60. The Labute approximate surface area is 176 Å². The number of nitrogens with one attached hydrogen (secondary N) is 3. The lowest BCUT2D eigenvalue weighted by atomic mass is 9.97. The molecular formula is C21H29N4O5-. The van der Waals surface area contributed by atoms with Crippen molar-refractivity contribution >= 4 is 35.2 Å². The summed E-state index contributed by atoms with van der Waals surface area (Å²) in [5.74, 6) is -2.48. The average Bonchev–Trinajstić information content (AvgIpc) is 2.65. The van der Waals surface area contributed by atoms with Gasteiger partial charge in [0, 0.05) is 0 Å². The highest BCUT2D eigenvalue weighted by Crippen LogP contribution is 2.34. The Kier molecular flexibility index (Phi) is 7.42. The van der Waals surface area contributed by atoms with Crippen LogP contribution in [0, 0.1) is 11.8 Å². The maximum Gasteiger partial charge on any atom is 0.323 e. The smallest absolute Gasteiger partial charge is 0.323 e. The summed E-state index contributed by atoms with van der Waals surface area (Å²) in [5, 5.41) is 18.8. The summed E-state index contributed by atoms with van der Waals surface area (Å²) >= 11 is 0. The molecule has 3 atom stereocenters. The number of benzene rings is 1. The molecule has 0 fully saturated rings. The number of hydrogen-bond acceptors (Lipinski definition) is 5. The molecule has 2 rings (SSSR count). The van der Waals surface area contributed by atoms with Crippen molar-refractivity contribution < 1.29 is 24.3 Å². The number of carbonyl (C=O) groups is 4. The minimum Gasteiger partial charge on any atom is -0.548 e. The summed E-state index contributed by atoms with van der Waals surface area (Å²) in [7, 11) is 0. The van der Waals surface area contributed by atoms with Crippen molar-refractivity contribution in [3.8, 4) is 0 Å². The summed E-state index contributed by atoms with van der Waals surface area (Å²) in [6.45, 7) is 8.72. The van der Waals surface area contributed by atoms with Gasteiger partial charge in [-0.25, -0.2) is 4.79 Å². The molecule has 0 spiro atoms. The Morgan fingerprint density at radius 3 is 2.30 bits per heavy atom. The predicted octanol–water partition coefficient (Wildman–Crippen LogP) is 0.849. The Balaban J connectivity index is 2.33. The summed E-state index contributed by atoms with van der Waals surface area (Å²) < 4.78 is 0. The number of carboxylic acid groups (broad SMARTS) is 1. The van der Waals surface area contributed by atoms with Crippen molar-refractivity contribution in [1.82, 2.24) is 10.6 Å². The normalized spacial score (nSPS) is 17.8. The number of anilines is 2. The van der Waals surface area contributed by atoms with Crippen LogP contribution in [0.1, 0.15) is 41.0 Å². The van der Waals surface area contributed by atoms with Crippen LogP contribution in [0.3, 0.4) is 0 Å². The van der Waals surface area contributed by atoms with E-state index in [2.05, 4.69) is 16.0 Å². The number of amides is 4. The third-order valence-corrected chi connectivity index (χ3v) is 4.85. The number of fused-ring (bicyclic) bond motifs is 1. The molecule has 1 aromatic rings. The summed E-state index contributed by atoms with van der Waals surface area (Å²) in [6, 6.07) is 3.40. The van der Waals surface area contributed by atoms with E-state index in [1.54, 1.807) is 24.3 Å². The van der Waals surface area contributed by atoms with Gasteiger partial charge in [0.05, 0.1) is 23.4 Å². The standard InChI is InChI=1S/C21H30N4O5/c1-11(2)10-15(18(26)22-13(5)20(28)29)24-21(30)25-16-9-7-6-8-14(16)23-19(27)17(25)12(3)4/h6-9,11-13,15,17H,10H2,1-5H3,(H,22,26)(H,23,27)(H,24,30)(H,28,29)/p-1/t13-,15-,17+/m0/s1. The number of rotatable bonds is 7. The van der Waals surface area contributed by atoms with Gasteiger partial charge in [0.25, 0.3) is 0 Å². The highest BCUT2D eigenvalue weighted by molar-refractivity contribution is 6.12. The molecule has 0 aliphatic carbocycles. The lowest BCUT2D eigenvalue weighted by molar-refractivity contribution is -0.307. The first kappa shape index (κ1) is 23.2. The molecule has 0 aromatic heterocycles. The van der Waals surface area contributed by atoms with Gasteiger partial charge in [-0.1, -0.05) is 39.8 Å². The van der Waals surface area contributed by atoms with Gasteiger partial charge < -0.3 is 25.9 Å². The molecule has 9 nitrogen and oxygen atoms in total. The molecule has 0 saturated carbocycles. The van der Waals surface area contributed by atoms with Crippen molar-refractivity contribution in [3.05, 3.63) is 24.3 Å². The fraction of sp³-hybridized carbons (Fsp3) is 0.524. The molecule has 1 heterocycles. The fourth-order valence-electron chi connectivity index (χ4n) is 3.39. The van der Waals surface area contributed by atoms with Gasteiger partial charge in [0.15, 0.2) is 0 Å². The second-order valence-corrected chi connectivity index (χ2v) is 8.25. The number of carbonyl (C=O) groups excluding carboxylic acids is 4. The van der Waals surface area contributed by atoms with Crippen molar-refractivity contribution in [2.45, 2.75) is 59.2 Å². The van der Waals surface area contributed by atoms with Gasteiger partial charge in [-0.05, 0) is 37.3 Å². The maximum absolute atomic E-state index is 13.3. The molecule has 0 saturated heterocycles. The molecule has 0 bridgehead atoms. The summed E-state index contributed by atoms with van der Waals surface area (Å²) in [5.41, 5.74) is 1.03. The van der Waals surface area contributed by atoms with Crippen molar-refractivity contribution in [3.63, 3.8) is 0 Å². The van der Waals surface area contributed by atoms with Crippen LogP contribution in [-0.4, -0.2) is 41.9 Å². The van der Waals surface area contributed by atoms with E-state index in [1.165, 1.54) is 11.8 Å². The molecule has 1 aliphatic heterocycles. The fourth-order valence-corrected chi connectivity index (χ4v) is 3.39. The quantitative estimate of drug-likeness (QED) is 0.605. The van der Waals surface area contributed by atoms with Crippen LogP contribution in [0.4, 0.5) is 16.2 Å². The minimum absolute atomic E-state index is 0.0529. The Hall–Kier alpha value is -3.10. The van der Waals surface area contributed by atoms with Crippen LogP contribution < -0.4 is 26.0 Å². The van der Waals surface area contributed by atoms with E-state index in [0.717, 1.165) is 0 Å². The van der Waals surface area contributed by atoms with Gasteiger partial charge in [0.2, 0.25) is 11.8 Å². The number of hydrogen-bond donors (Lipinski definition) is 3. The summed E-state index contributed by atoms with van der Waals surface area (Å²) in [6.07, 6.45) is 0.297. The van der Waals surface area contributed by atoms with E-state index in [9.17, 15) is 24.3 Å². The van der Waals surface area contributed by atoms with Gasteiger partial charge >= 0.3 is 6.03 Å². The largest absolute Gasteiger partial charge is 0.548 e. The number of nitrogens with zero attached hydrogens (tertiary/aromatic N) is 1. The van der Waals surface area contributed by atoms with Gasteiger partial charge in [-0.2, -0.15) is 0 Å². The number of carboxylic acids is 1. The van der Waals surface area contributed by atoms with Crippen molar-refractivity contribution in [1.29, 1.82) is 0 Å². The zero-order chi connectivity index (χ0) is 22.6. The van der Waals surface area contributed by atoms with E-state index < -0.39 is 36.0 Å². The Morgan fingerprint density at radius 2 is 1.73 bits per heavy atom. The van der Waals surface area contributed by atoms with E-state index in [-0.39, 0.29) is 17.7 Å². The Morgan fingerprint density at radius 1 is 1.10 bits per heavy atom. The topological polar surface area (TPSA) is 131 Å². The number of urea groups is 1. The van der Waals surface area contributed by atoms with E-state index in [0.29, 0.717) is 17.8 Å². The molecule has 30 heavy (non-hydrogen) atoms. The number of para-hydroxylation sites is 2. The monoisotopic (exact) mass is 417 g/mol. The molecule has 4 amide bonds. The first-order chi connectivity index (χ1) is 14.0. The Bertz CT molecular complexity index is 823. The molecule has 3 N–H and O–H groups in total. The van der Waals surface area contributed by atoms with Crippen LogP contribution in [0.25, 0.3) is 0 Å². The highest BCUT2D eigenvalue weighted by atomic mass is 16.4. The van der Waals surface area contributed by atoms with Gasteiger partial charge in [0.1, 0.15) is 12.1 Å². The third-order valence-electron chi connectivity index (χ3n) is 4.85. The molecule has 9 heteroatoms. The van der Waals surface area contributed by atoms with E-state index in [4.69, 9.17) is 0 Å².